The quantitative estimate of drug-likeness (QED) is 0.702. The van der Waals surface area contributed by atoms with Gasteiger partial charge in [0.2, 0.25) is 15.9 Å². The molecule has 1 saturated heterocycles. The van der Waals surface area contributed by atoms with Crippen molar-refractivity contribution in [3.05, 3.63) is 66.4 Å². The zero-order chi connectivity index (χ0) is 20.4. The second-order valence-electron chi connectivity index (χ2n) is 7.53. The molecule has 0 radical (unpaired) electrons. The summed E-state index contributed by atoms with van der Waals surface area (Å²) in [7, 11) is -1.62. The summed E-state index contributed by atoms with van der Waals surface area (Å²) in [5.41, 5.74) is 2.05. The number of carbonyl (C=O) groups excluding carboxylic acids is 1. The first-order chi connectivity index (χ1) is 13.9. The van der Waals surface area contributed by atoms with Gasteiger partial charge in [-0.05, 0) is 42.7 Å². The van der Waals surface area contributed by atoms with E-state index >= 15 is 0 Å². The Bertz CT molecular complexity index is 1110. The van der Waals surface area contributed by atoms with E-state index in [1.165, 1.54) is 4.31 Å². The SMILES string of the molecule is Cn1ccc2cc(S(=O)(=O)N3CCC(C(=O)NCc4ccccc4)CC3)ccc21. The Kier molecular flexibility index (Phi) is 5.43. The summed E-state index contributed by atoms with van der Waals surface area (Å²) in [6.45, 7) is 1.21. The van der Waals surface area contributed by atoms with E-state index in [9.17, 15) is 13.2 Å². The van der Waals surface area contributed by atoms with E-state index in [2.05, 4.69) is 5.32 Å². The largest absolute Gasteiger partial charge is 0.352 e. The molecule has 6 nitrogen and oxygen atoms in total. The van der Waals surface area contributed by atoms with Crippen LogP contribution in [0.25, 0.3) is 10.9 Å². The van der Waals surface area contributed by atoms with Gasteiger partial charge in [0.1, 0.15) is 0 Å². The molecule has 1 amide bonds. The third kappa shape index (κ3) is 4.06. The van der Waals surface area contributed by atoms with Gasteiger partial charge in [-0.1, -0.05) is 30.3 Å². The highest BCUT2D eigenvalue weighted by molar-refractivity contribution is 7.89. The molecule has 1 aliphatic heterocycles. The minimum Gasteiger partial charge on any atom is -0.352 e. The number of piperidine rings is 1. The zero-order valence-electron chi connectivity index (χ0n) is 16.4. The van der Waals surface area contributed by atoms with Gasteiger partial charge in [-0.25, -0.2) is 8.42 Å². The van der Waals surface area contributed by atoms with Gasteiger partial charge in [-0.3, -0.25) is 4.79 Å². The summed E-state index contributed by atoms with van der Waals surface area (Å²) >= 11 is 0. The Hall–Kier alpha value is -2.64. The molecule has 0 bridgehead atoms. The molecular weight excluding hydrogens is 386 g/mol. The first-order valence-electron chi connectivity index (χ1n) is 9.82. The predicted octanol–water partition coefficient (Wildman–Crippen LogP) is 2.90. The number of fused-ring (bicyclic) bond motifs is 1. The van der Waals surface area contributed by atoms with Crippen LogP contribution in [0.2, 0.25) is 0 Å². The van der Waals surface area contributed by atoms with Crippen molar-refractivity contribution in [1.82, 2.24) is 14.2 Å². The third-order valence-corrected chi connectivity index (χ3v) is 7.52. The van der Waals surface area contributed by atoms with Gasteiger partial charge < -0.3 is 9.88 Å². The fourth-order valence-corrected chi connectivity index (χ4v) is 5.36. The Morgan fingerprint density at radius 2 is 1.79 bits per heavy atom. The number of hydrogen-bond acceptors (Lipinski definition) is 3. The number of rotatable bonds is 5. The molecule has 4 rings (SSSR count). The number of amides is 1. The van der Waals surface area contributed by atoms with Crippen LogP contribution in [0.5, 0.6) is 0 Å². The van der Waals surface area contributed by atoms with Gasteiger partial charge in [-0.15, -0.1) is 0 Å². The number of nitrogens with one attached hydrogen (secondary N) is 1. The fraction of sp³-hybridized carbons (Fsp3) is 0.318. The topological polar surface area (TPSA) is 71.4 Å². The summed E-state index contributed by atoms with van der Waals surface area (Å²) in [6.07, 6.45) is 2.99. The van der Waals surface area contributed by atoms with E-state index in [1.807, 2.05) is 60.3 Å². The molecule has 0 saturated carbocycles. The van der Waals surface area contributed by atoms with Gasteiger partial charge in [0, 0.05) is 49.7 Å². The van der Waals surface area contributed by atoms with Gasteiger partial charge >= 0.3 is 0 Å². The summed E-state index contributed by atoms with van der Waals surface area (Å²) in [4.78, 5) is 12.8. The van der Waals surface area contributed by atoms with Crippen molar-refractivity contribution < 1.29 is 13.2 Å². The molecule has 2 heterocycles. The van der Waals surface area contributed by atoms with Crippen LogP contribution in [0.4, 0.5) is 0 Å². The number of nitrogens with zero attached hydrogens (tertiary/aromatic N) is 2. The molecule has 0 aliphatic carbocycles. The standard InChI is InChI=1S/C22H25N3O3S/c1-24-12-9-19-15-20(7-8-21(19)24)29(27,28)25-13-10-18(11-14-25)22(26)23-16-17-5-3-2-4-6-17/h2-9,12,15,18H,10-11,13-14,16H2,1H3,(H,23,26). The molecule has 0 unspecified atom stereocenters. The molecule has 1 aromatic heterocycles. The number of sulfonamides is 1. The van der Waals surface area contributed by atoms with Crippen molar-refractivity contribution >= 4 is 26.8 Å². The average Bonchev–Trinajstić information content (AvgIpc) is 3.13. The van der Waals surface area contributed by atoms with Crippen molar-refractivity contribution in [1.29, 1.82) is 0 Å². The van der Waals surface area contributed by atoms with Gasteiger partial charge in [0.15, 0.2) is 0 Å². The van der Waals surface area contributed by atoms with Crippen LogP contribution in [0, 0.1) is 5.92 Å². The maximum Gasteiger partial charge on any atom is 0.243 e. The van der Waals surface area contributed by atoms with Crippen molar-refractivity contribution in [3.8, 4) is 0 Å². The lowest BCUT2D eigenvalue weighted by atomic mass is 9.97. The molecule has 1 fully saturated rings. The Morgan fingerprint density at radius 1 is 1.07 bits per heavy atom. The molecule has 1 aliphatic rings. The van der Waals surface area contributed by atoms with E-state index in [0.717, 1.165) is 16.5 Å². The van der Waals surface area contributed by atoms with Gasteiger partial charge in [-0.2, -0.15) is 4.31 Å². The highest BCUT2D eigenvalue weighted by Gasteiger charge is 2.32. The second-order valence-corrected chi connectivity index (χ2v) is 9.47. The van der Waals surface area contributed by atoms with Crippen LogP contribution >= 0.6 is 0 Å². The number of aromatic nitrogens is 1. The second kappa shape index (κ2) is 8.00. The van der Waals surface area contributed by atoms with Crippen molar-refractivity contribution in [2.45, 2.75) is 24.3 Å². The lowest BCUT2D eigenvalue weighted by Crippen LogP contribution is -2.42. The Labute approximate surface area is 171 Å². The minimum atomic E-state index is -3.56. The molecule has 29 heavy (non-hydrogen) atoms. The molecule has 152 valence electrons. The average molecular weight is 412 g/mol. The maximum atomic E-state index is 13.0. The summed E-state index contributed by atoms with van der Waals surface area (Å²) in [5.74, 6) is -0.154. The zero-order valence-corrected chi connectivity index (χ0v) is 17.2. The van der Waals surface area contributed by atoms with E-state index in [-0.39, 0.29) is 11.8 Å². The molecule has 2 aromatic carbocycles. The summed E-state index contributed by atoms with van der Waals surface area (Å²) in [5, 5.41) is 3.87. The number of benzene rings is 2. The lowest BCUT2D eigenvalue weighted by Gasteiger charge is -2.30. The Balaban J connectivity index is 1.38. The van der Waals surface area contributed by atoms with Crippen LogP contribution < -0.4 is 5.32 Å². The van der Waals surface area contributed by atoms with Gasteiger partial charge in [0.05, 0.1) is 4.90 Å². The van der Waals surface area contributed by atoms with Crippen LogP contribution in [0.1, 0.15) is 18.4 Å². The maximum absolute atomic E-state index is 13.0. The molecular formula is C22H25N3O3S. The van der Waals surface area contributed by atoms with E-state index in [4.69, 9.17) is 0 Å². The van der Waals surface area contributed by atoms with E-state index in [1.54, 1.807) is 12.1 Å². The molecule has 3 aromatic rings. The fourth-order valence-electron chi connectivity index (χ4n) is 3.86. The minimum absolute atomic E-state index is 0.00314. The highest BCUT2D eigenvalue weighted by Crippen LogP contribution is 2.26. The van der Waals surface area contributed by atoms with Crippen LogP contribution in [-0.4, -0.2) is 36.3 Å². The van der Waals surface area contributed by atoms with Gasteiger partial charge in [0.25, 0.3) is 0 Å². The number of aryl methyl sites for hydroxylation is 1. The van der Waals surface area contributed by atoms with Crippen LogP contribution in [0.3, 0.4) is 0 Å². The first-order valence-corrected chi connectivity index (χ1v) is 11.3. The number of hydrogen-bond donors (Lipinski definition) is 1. The molecule has 1 N–H and O–H groups in total. The van der Waals surface area contributed by atoms with Crippen LogP contribution in [0.15, 0.2) is 65.7 Å². The summed E-state index contributed by atoms with van der Waals surface area (Å²) in [6, 6.07) is 16.9. The normalized spacial score (nSPS) is 16.2. The summed E-state index contributed by atoms with van der Waals surface area (Å²) < 4.78 is 29.5. The third-order valence-electron chi connectivity index (χ3n) is 5.63. The van der Waals surface area contributed by atoms with E-state index < -0.39 is 10.0 Å². The van der Waals surface area contributed by atoms with Crippen molar-refractivity contribution in [2.75, 3.05) is 13.1 Å². The molecule has 0 spiro atoms. The lowest BCUT2D eigenvalue weighted by molar-refractivity contribution is -0.126. The van der Waals surface area contributed by atoms with Crippen molar-refractivity contribution in [3.63, 3.8) is 0 Å². The predicted molar refractivity (Wildman–Crippen MR) is 113 cm³/mol. The van der Waals surface area contributed by atoms with Crippen molar-refractivity contribution in [2.24, 2.45) is 13.0 Å². The smallest absolute Gasteiger partial charge is 0.243 e. The molecule has 7 heteroatoms. The number of carbonyl (C=O) groups is 1. The highest BCUT2D eigenvalue weighted by atomic mass is 32.2. The molecule has 0 atom stereocenters. The monoisotopic (exact) mass is 411 g/mol. The Morgan fingerprint density at radius 3 is 2.52 bits per heavy atom. The first kappa shape index (κ1) is 19.7. The van der Waals surface area contributed by atoms with E-state index in [0.29, 0.717) is 37.4 Å². The van der Waals surface area contributed by atoms with Crippen LogP contribution in [-0.2, 0) is 28.4 Å².